The van der Waals surface area contributed by atoms with Crippen molar-refractivity contribution in [3.8, 4) is 5.75 Å². The second-order valence-corrected chi connectivity index (χ2v) is 5.88. The molecule has 1 N–H and O–H groups in total. The summed E-state index contributed by atoms with van der Waals surface area (Å²) >= 11 is 0. The summed E-state index contributed by atoms with van der Waals surface area (Å²) in [6.45, 7) is 2.58. The molecule has 0 saturated carbocycles. The number of para-hydroxylation sites is 1. The van der Waals surface area contributed by atoms with Crippen LogP contribution in [0.15, 0.2) is 59.0 Å². The van der Waals surface area contributed by atoms with E-state index in [4.69, 9.17) is 9.15 Å². The third kappa shape index (κ3) is 4.29. The molecule has 25 heavy (non-hydrogen) atoms. The number of rotatable bonds is 6. The van der Waals surface area contributed by atoms with Crippen molar-refractivity contribution >= 4 is 23.0 Å². The van der Waals surface area contributed by atoms with Crippen LogP contribution in [0, 0.1) is 6.92 Å². The van der Waals surface area contributed by atoms with Gasteiger partial charge >= 0.3 is 0 Å². The smallest absolute Gasteiger partial charge is 0.244 e. The molecule has 0 radical (unpaired) electrons. The van der Waals surface area contributed by atoms with Gasteiger partial charge in [0.15, 0.2) is 0 Å². The number of amides is 1. The van der Waals surface area contributed by atoms with Crippen LogP contribution in [0.5, 0.6) is 5.75 Å². The molecule has 0 atom stereocenters. The molecule has 0 unspecified atom stereocenters. The highest BCUT2D eigenvalue weighted by atomic mass is 16.5. The number of furan rings is 1. The van der Waals surface area contributed by atoms with Gasteiger partial charge < -0.3 is 14.5 Å². The Morgan fingerprint density at radius 1 is 1.20 bits per heavy atom. The van der Waals surface area contributed by atoms with Gasteiger partial charge in [-0.15, -0.1) is 0 Å². The van der Waals surface area contributed by atoms with E-state index in [2.05, 4.69) is 11.4 Å². The van der Waals surface area contributed by atoms with Crippen molar-refractivity contribution in [1.82, 2.24) is 5.32 Å². The second kappa shape index (κ2) is 7.71. The van der Waals surface area contributed by atoms with Crippen molar-refractivity contribution in [2.75, 3.05) is 13.7 Å². The first-order valence-corrected chi connectivity index (χ1v) is 8.24. The molecule has 2 aromatic carbocycles. The van der Waals surface area contributed by atoms with E-state index < -0.39 is 0 Å². The Kier molecular flexibility index (Phi) is 5.19. The molecule has 128 valence electrons. The van der Waals surface area contributed by atoms with E-state index in [0.717, 1.165) is 28.7 Å². The molecule has 0 aliphatic heterocycles. The van der Waals surface area contributed by atoms with Crippen LogP contribution in [0.1, 0.15) is 16.9 Å². The highest BCUT2D eigenvalue weighted by molar-refractivity contribution is 5.92. The number of hydrogen-bond donors (Lipinski definition) is 1. The molecule has 3 aromatic rings. The number of ether oxygens (including phenoxy) is 1. The number of carbonyl (C=O) groups is 1. The predicted octanol–water partition coefficient (Wildman–Crippen LogP) is 4.12. The molecule has 1 amide bonds. The molecule has 3 rings (SSSR count). The summed E-state index contributed by atoms with van der Waals surface area (Å²) in [6.07, 6.45) is 3.89. The van der Waals surface area contributed by atoms with E-state index in [9.17, 15) is 4.79 Å². The van der Waals surface area contributed by atoms with Crippen LogP contribution >= 0.6 is 0 Å². The minimum atomic E-state index is -0.146. The molecule has 1 heterocycles. The summed E-state index contributed by atoms with van der Waals surface area (Å²) in [5.41, 5.74) is 3.07. The highest BCUT2D eigenvalue weighted by Gasteiger charge is 2.04. The molecule has 0 bridgehead atoms. The molecule has 0 spiro atoms. The fourth-order valence-electron chi connectivity index (χ4n) is 2.72. The number of aryl methyl sites for hydroxylation is 1. The summed E-state index contributed by atoms with van der Waals surface area (Å²) in [6, 6.07) is 15.7. The first-order valence-electron chi connectivity index (χ1n) is 8.24. The molecule has 4 nitrogen and oxygen atoms in total. The number of nitrogens with one attached hydrogen (secondary N) is 1. The monoisotopic (exact) mass is 335 g/mol. The molecular formula is C21H21NO3. The topological polar surface area (TPSA) is 51.5 Å². The van der Waals surface area contributed by atoms with Crippen LogP contribution in [0.4, 0.5) is 0 Å². The van der Waals surface area contributed by atoms with Crippen LogP contribution in [0.2, 0.25) is 0 Å². The Labute approximate surface area is 147 Å². The van der Waals surface area contributed by atoms with E-state index in [0.29, 0.717) is 12.3 Å². The van der Waals surface area contributed by atoms with Gasteiger partial charge in [-0.2, -0.15) is 0 Å². The minimum absolute atomic E-state index is 0.146. The number of fused-ring (bicyclic) bond motifs is 1. The summed E-state index contributed by atoms with van der Waals surface area (Å²) in [5, 5.41) is 3.91. The van der Waals surface area contributed by atoms with Crippen LogP contribution < -0.4 is 10.1 Å². The van der Waals surface area contributed by atoms with E-state index >= 15 is 0 Å². The van der Waals surface area contributed by atoms with Gasteiger partial charge in [0.2, 0.25) is 5.91 Å². The average Bonchev–Trinajstić information content (AvgIpc) is 3.03. The summed E-state index contributed by atoms with van der Waals surface area (Å²) in [4.78, 5) is 12.0. The van der Waals surface area contributed by atoms with Crippen LogP contribution in [-0.2, 0) is 11.2 Å². The quantitative estimate of drug-likeness (QED) is 0.689. The Morgan fingerprint density at radius 2 is 2.04 bits per heavy atom. The van der Waals surface area contributed by atoms with Crippen LogP contribution in [0.3, 0.4) is 0 Å². The lowest BCUT2D eigenvalue weighted by atomic mass is 10.1. The zero-order valence-corrected chi connectivity index (χ0v) is 14.4. The van der Waals surface area contributed by atoms with E-state index in [1.807, 2.05) is 49.4 Å². The summed E-state index contributed by atoms with van der Waals surface area (Å²) in [5.74, 6) is 1.36. The maximum absolute atomic E-state index is 12.0. The normalized spacial score (nSPS) is 11.1. The maximum atomic E-state index is 12.0. The van der Waals surface area contributed by atoms with Gasteiger partial charge in [-0.3, -0.25) is 4.79 Å². The molecule has 0 saturated heterocycles. The van der Waals surface area contributed by atoms with Gasteiger partial charge in [0.25, 0.3) is 0 Å². The van der Waals surface area contributed by atoms with Crippen molar-refractivity contribution < 1.29 is 13.9 Å². The first kappa shape index (κ1) is 16.8. The zero-order chi connectivity index (χ0) is 17.6. The third-order valence-corrected chi connectivity index (χ3v) is 3.97. The number of benzene rings is 2. The molecule has 0 aliphatic carbocycles. The number of methoxy groups -OCH3 is 1. The number of hydrogen-bond acceptors (Lipinski definition) is 3. The number of carbonyl (C=O) groups excluding carboxylic acids is 1. The lowest BCUT2D eigenvalue weighted by Gasteiger charge is -2.09. The Morgan fingerprint density at radius 3 is 2.84 bits per heavy atom. The molecule has 4 heteroatoms. The third-order valence-electron chi connectivity index (χ3n) is 3.97. The van der Waals surface area contributed by atoms with Crippen molar-refractivity contribution in [2.24, 2.45) is 0 Å². The fraction of sp³-hybridized carbons (Fsp3) is 0.190. The lowest BCUT2D eigenvalue weighted by molar-refractivity contribution is -0.116. The SMILES string of the molecule is COc1ccc(C)cc1CCNC(=O)/C=C/c1cc2ccccc2o1. The fourth-order valence-corrected chi connectivity index (χ4v) is 2.72. The van der Waals surface area contributed by atoms with Crippen molar-refractivity contribution in [1.29, 1.82) is 0 Å². The molecular weight excluding hydrogens is 314 g/mol. The van der Waals surface area contributed by atoms with Crippen molar-refractivity contribution in [2.45, 2.75) is 13.3 Å². The van der Waals surface area contributed by atoms with Gasteiger partial charge in [0.05, 0.1) is 7.11 Å². The highest BCUT2D eigenvalue weighted by Crippen LogP contribution is 2.20. The van der Waals surface area contributed by atoms with Gasteiger partial charge in [0, 0.05) is 18.0 Å². The Bertz CT molecular complexity index is 875. The Balaban J connectivity index is 1.55. The molecule has 1 aromatic heterocycles. The second-order valence-electron chi connectivity index (χ2n) is 5.88. The average molecular weight is 335 g/mol. The van der Waals surface area contributed by atoms with Gasteiger partial charge in [-0.05, 0) is 43.2 Å². The van der Waals surface area contributed by atoms with Crippen LogP contribution in [0.25, 0.3) is 17.0 Å². The van der Waals surface area contributed by atoms with Gasteiger partial charge in [0.1, 0.15) is 17.1 Å². The van der Waals surface area contributed by atoms with Crippen molar-refractivity contribution in [3.63, 3.8) is 0 Å². The maximum Gasteiger partial charge on any atom is 0.244 e. The summed E-state index contributed by atoms with van der Waals surface area (Å²) < 4.78 is 11.0. The first-order chi connectivity index (χ1) is 12.2. The van der Waals surface area contributed by atoms with E-state index in [-0.39, 0.29) is 5.91 Å². The largest absolute Gasteiger partial charge is 0.496 e. The predicted molar refractivity (Wildman–Crippen MR) is 99.7 cm³/mol. The van der Waals surface area contributed by atoms with Crippen LogP contribution in [-0.4, -0.2) is 19.6 Å². The summed E-state index contributed by atoms with van der Waals surface area (Å²) in [7, 11) is 1.66. The Hall–Kier alpha value is -3.01. The van der Waals surface area contributed by atoms with Crippen molar-refractivity contribution in [3.05, 3.63) is 71.5 Å². The lowest BCUT2D eigenvalue weighted by Crippen LogP contribution is -2.23. The van der Waals surface area contributed by atoms with E-state index in [1.165, 1.54) is 11.6 Å². The molecule has 0 aliphatic rings. The van der Waals surface area contributed by atoms with Gasteiger partial charge in [-0.1, -0.05) is 35.9 Å². The molecule has 0 fully saturated rings. The zero-order valence-electron chi connectivity index (χ0n) is 14.4. The minimum Gasteiger partial charge on any atom is -0.496 e. The van der Waals surface area contributed by atoms with Gasteiger partial charge in [-0.25, -0.2) is 0 Å². The van der Waals surface area contributed by atoms with E-state index in [1.54, 1.807) is 13.2 Å². The standard InChI is InChI=1S/C21H21NO3/c1-15-7-9-19(24-2)17(13-15)11-12-22-21(23)10-8-18-14-16-5-3-4-6-20(16)25-18/h3-10,13-14H,11-12H2,1-2H3,(H,22,23)/b10-8+.